The minimum absolute atomic E-state index is 0.0480. The second kappa shape index (κ2) is 5.73. The molecule has 0 saturated carbocycles. The third-order valence-corrected chi connectivity index (χ3v) is 5.17. The maximum Gasteiger partial charge on any atom is 0.274 e. The Bertz CT molecular complexity index is 776. The van der Waals surface area contributed by atoms with Crippen LogP contribution in [-0.2, 0) is 13.0 Å². The number of nitrogens with one attached hydrogen (secondary N) is 1. The fourth-order valence-corrected chi connectivity index (χ4v) is 3.90. The van der Waals surface area contributed by atoms with Gasteiger partial charge in [-0.05, 0) is 33.4 Å². The average molecular weight is 328 g/mol. The maximum absolute atomic E-state index is 12.9. The highest BCUT2D eigenvalue weighted by Crippen LogP contribution is 2.26. The molecule has 1 amide bonds. The van der Waals surface area contributed by atoms with E-state index in [1.54, 1.807) is 0 Å². The molecular weight excluding hydrogens is 304 g/mol. The number of likely N-dealkylation sites (N-methyl/N-ethyl adjacent to an activating group) is 1. The number of rotatable bonds is 2. The molecular formula is C17H24N6O. The van der Waals surface area contributed by atoms with E-state index >= 15 is 0 Å². The second-order valence-electron chi connectivity index (χ2n) is 7.08. The molecule has 24 heavy (non-hydrogen) atoms. The number of carbonyl (C=O) groups is 1. The Morgan fingerprint density at radius 1 is 1.33 bits per heavy atom. The summed E-state index contributed by atoms with van der Waals surface area (Å²) in [7, 11) is 2.08. The van der Waals surface area contributed by atoms with Crippen LogP contribution in [0.3, 0.4) is 0 Å². The van der Waals surface area contributed by atoms with Gasteiger partial charge in [0.2, 0.25) is 0 Å². The monoisotopic (exact) mass is 328 g/mol. The quantitative estimate of drug-likeness (QED) is 0.902. The normalized spacial score (nSPS) is 21.3. The number of hydrogen-bond donors (Lipinski definition) is 1. The number of H-pyrrole nitrogens is 1. The van der Waals surface area contributed by atoms with Gasteiger partial charge in [0.05, 0.1) is 11.7 Å². The third kappa shape index (κ3) is 2.53. The predicted molar refractivity (Wildman–Crippen MR) is 89.9 cm³/mol. The van der Waals surface area contributed by atoms with Gasteiger partial charge < -0.3 is 9.80 Å². The first-order valence-electron chi connectivity index (χ1n) is 8.59. The molecule has 2 aromatic heterocycles. The summed E-state index contributed by atoms with van der Waals surface area (Å²) in [6.07, 6.45) is 1.88. The van der Waals surface area contributed by atoms with Crippen LogP contribution in [0.4, 0.5) is 0 Å². The first kappa shape index (κ1) is 15.4. The lowest BCUT2D eigenvalue weighted by Gasteiger charge is -2.23. The van der Waals surface area contributed by atoms with Crippen LogP contribution in [0.2, 0.25) is 0 Å². The van der Waals surface area contributed by atoms with Crippen molar-refractivity contribution in [3.05, 3.63) is 34.4 Å². The molecule has 2 aliphatic rings. The smallest absolute Gasteiger partial charge is 0.274 e. The number of carbonyl (C=O) groups excluding carboxylic acids is 1. The summed E-state index contributed by atoms with van der Waals surface area (Å²) in [5.41, 5.74) is 4.98. The summed E-state index contributed by atoms with van der Waals surface area (Å²) in [6.45, 7) is 7.35. The lowest BCUT2D eigenvalue weighted by molar-refractivity contribution is 0.0778. The van der Waals surface area contributed by atoms with Crippen LogP contribution >= 0.6 is 0 Å². The Hall–Kier alpha value is -2.15. The van der Waals surface area contributed by atoms with Gasteiger partial charge in [0.1, 0.15) is 0 Å². The molecule has 0 radical (unpaired) electrons. The van der Waals surface area contributed by atoms with Gasteiger partial charge in [0, 0.05) is 49.6 Å². The van der Waals surface area contributed by atoms with Gasteiger partial charge in [0.25, 0.3) is 5.91 Å². The number of hydrogen-bond acceptors (Lipinski definition) is 4. The van der Waals surface area contributed by atoms with Gasteiger partial charge in [-0.3, -0.25) is 14.6 Å². The fraction of sp³-hybridized carbons (Fsp3) is 0.588. The molecule has 1 fully saturated rings. The van der Waals surface area contributed by atoms with Gasteiger partial charge in [-0.15, -0.1) is 0 Å². The lowest BCUT2D eigenvalue weighted by atomic mass is 10.1. The van der Waals surface area contributed by atoms with Crippen molar-refractivity contribution in [1.82, 2.24) is 29.8 Å². The molecule has 7 heteroatoms. The van der Waals surface area contributed by atoms with Gasteiger partial charge in [-0.25, -0.2) is 0 Å². The van der Waals surface area contributed by atoms with Gasteiger partial charge >= 0.3 is 0 Å². The van der Waals surface area contributed by atoms with Crippen molar-refractivity contribution in [2.75, 3.05) is 26.7 Å². The lowest BCUT2D eigenvalue weighted by Crippen LogP contribution is -2.32. The predicted octanol–water partition coefficient (Wildman–Crippen LogP) is 1.30. The molecule has 2 aliphatic heterocycles. The van der Waals surface area contributed by atoms with E-state index in [9.17, 15) is 4.79 Å². The van der Waals surface area contributed by atoms with E-state index in [4.69, 9.17) is 0 Å². The molecule has 4 rings (SSSR count). The minimum Gasteiger partial charge on any atom is -0.335 e. The van der Waals surface area contributed by atoms with Gasteiger partial charge in [-0.1, -0.05) is 0 Å². The number of amides is 1. The molecule has 1 unspecified atom stereocenters. The van der Waals surface area contributed by atoms with Crippen LogP contribution in [0.25, 0.3) is 0 Å². The topological polar surface area (TPSA) is 70.1 Å². The highest BCUT2D eigenvalue weighted by molar-refractivity contribution is 5.94. The van der Waals surface area contributed by atoms with E-state index in [-0.39, 0.29) is 11.9 Å². The number of fused-ring (bicyclic) bond motifs is 1. The molecule has 7 nitrogen and oxygen atoms in total. The second-order valence-corrected chi connectivity index (χ2v) is 7.08. The van der Waals surface area contributed by atoms with Crippen LogP contribution in [-0.4, -0.2) is 62.4 Å². The van der Waals surface area contributed by atoms with Gasteiger partial charge in [-0.2, -0.15) is 10.2 Å². The van der Waals surface area contributed by atoms with Crippen molar-refractivity contribution in [3.8, 4) is 0 Å². The van der Waals surface area contributed by atoms with Crippen LogP contribution in [0, 0.1) is 13.8 Å². The van der Waals surface area contributed by atoms with E-state index in [0.29, 0.717) is 12.2 Å². The first-order chi connectivity index (χ1) is 11.5. The summed E-state index contributed by atoms with van der Waals surface area (Å²) in [6, 6.07) is 2.35. The van der Waals surface area contributed by atoms with E-state index in [0.717, 1.165) is 55.1 Å². The molecule has 0 bridgehead atoms. The molecule has 0 aliphatic carbocycles. The highest BCUT2D eigenvalue weighted by atomic mass is 16.2. The molecule has 128 valence electrons. The fourth-order valence-electron chi connectivity index (χ4n) is 3.90. The van der Waals surface area contributed by atoms with Crippen molar-refractivity contribution in [1.29, 1.82) is 0 Å². The Labute approximate surface area is 141 Å². The van der Waals surface area contributed by atoms with Gasteiger partial charge in [0.15, 0.2) is 5.69 Å². The summed E-state index contributed by atoms with van der Waals surface area (Å²) in [4.78, 5) is 17.1. The van der Waals surface area contributed by atoms with E-state index in [1.807, 2.05) is 11.8 Å². The van der Waals surface area contributed by atoms with Crippen molar-refractivity contribution in [2.45, 2.75) is 39.3 Å². The van der Waals surface area contributed by atoms with Crippen LogP contribution in [0.5, 0.6) is 0 Å². The Morgan fingerprint density at radius 2 is 2.17 bits per heavy atom. The summed E-state index contributed by atoms with van der Waals surface area (Å²) >= 11 is 0. The maximum atomic E-state index is 12.9. The number of aromatic nitrogens is 4. The molecule has 4 heterocycles. The summed E-state index contributed by atoms with van der Waals surface area (Å²) in [5, 5.41) is 12.0. The molecule has 1 N–H and O–H groups in total. The summed E-state index contributed by atoms with van der Waals surface area (Å²) < 4.78 is 2.07. The average Bonchev–Trinajstić information content (AvgIpc) is 3.24. The van der Waals surface area contributed by atoms with Crippen molar-refractivity contribution in [2.24, 2.45) is 0 Å². The SMILES string of the molecule is Cc1cc(C)n(C2CCN(C(=O)c3n[nH]c4c3CN(C)CC4)C2)n1. The Kier molecular flexibility index (Phi) is 3.68. The van der Waals surface area contributed by atoms with E-state index in [2.05, 4.69) is 44.9 Å². The third-order valence-electron chi connectivity index (χ3n) is 5.17. The molecule has 0 aromatic carbocycles. The molecule has 2 aromatic rings. The summed E-state index contributed by atoms with van der Waals surface area (Å²) in [5.74, 6) is 0.0480. The first-order valence-corrected chi connectivity index (χ1v) is 8.59. The Balaban J connectivity index is 1.52. The van der Waals surface area contributed by atoms with Crippen molar-refractivity contribution in [3.63, 3.8) is 0 Å². The Morgan fingerprint density at radius 3 is 2.92 bits per heavy atom. The zero-order valence-corrected chi connectivity index (χ0v) is 14.5. The molecule has 0 spiro atoms. The number of nitrogens with zero attached hydrogens (tertiary/aromatic N) is 5. The number of aryl methyl sites for hydroxylation is 2. The molecule has 1 atom stereocenters. The van der Waals surface area contributed by atoms with Crippen molar-refractivity contribution < 1.29 is 4.79 Å². The molecule has 1 saturated heterocycles. The van der Waals surface area contributed by atoms with Crippen LogP contribution < -0.4 is 0 Å². The van der Waals surface area contributed by atoms with Crippen LogP contribution in [0.1, 0.15) is 45.6 Å². The minimum atomic E-state index is 0.0480. The zero-order chi connectivity index (χ0) is 16.8. The van der Waals surface area contributed by atoms with Crippen molar-refractivity contribution >= 4 is 5.91 Å². The standard InChI is InChI=1S/C17H24N6O/c1-11-8-12(2)23(20-11)13-4-7-22(9-13)17(24)16-14-10-21(3)6-5-15(14)18-19-16/h8,13H,4-7,9-10H2,1-3H3,(H,18,19). The zero-order valence-electron chi connectivity index (χ0n) is 14.5. The largest absolute Gasteiger partial charge is 0.335 e. The number of likely N-dealkylation sites (tertiary alicyclic amines) is 1. The van der Waals surface area contributed by atoms with E-state index < -0.39 is 0 Å². The number of aromatic amines is 1. The highest BCUT2D eigenvalue weighted by Gasteiger charge is 2.33. The van der Waals surface area contributed by atoms with Crippen LogP contribution in [0.15, 0.2) is 6.07 Å². The van der Waals surface area contributed by atoms with E-state index in [1.165, 1.54) is 0 Å².